The smallest absolute Gasteiger partial charge is 0.228 e. The number of hydrogen-bond acceptors (Lipinski definition) is 1. The van der Waals surface area contributed by atoms with E-state index in [-0.39, 0.29) is 5.91 Å². The number of H-pyrrole nitrogens is 1. The van der Waals surface area contributed by atoms with E-state index in [2.05, 4.69) is 10.3 Å². The Kier molecular flexibility index (Phi) is 3.25. The normalized spacial score (nSPS) is 10.7. The number of nitrogens with one attached hydrogen (secondary N) is 2. The van der Waals surface area contributed by atoms with Gasteiger partial charge in [-0.25, -0.2) is 0 Å². The van der Waals surface area contributed by atoms with Crippen molar-refractivity contribution in [3.05, 3.63) is 65.9 Å². The van der Waals surface area contributed by atoms with Crippen LogP contribution < -0.4 is 5.32 Å². The quantitative estimate of drug-likeness (QED) is 0.745. The fourth-order valence-corrected chi connectivity index (χ4v) is 2.33. The summed E-state index contributed by atoms with van der Waals surface area (Å²) < 4.78 is 0. The number of carbonyl (C=O) groups excluding carboxylic acids is 1. The van der Waals surface area contributed by atoms with Crippen LogP contribution in [0.2, 0.25) is 0 Å². The summed E-state index contributed by atoms with van der Waals surface area (Å²) in [6, 6.07) is 15.9. The number of anilines is 1. The van der Waals surface area contributed by atoms with Crippen molar-refractivity contribution in [2.75, 3.05) is 5.32 Å². The number of aryl methyl sites for hydroxylation is 1. The molecule has 100 valence electrons. The zero-order chi connectivity index (χ0) is 13.9. The van der Waals surface area contributed by atoms with Gasteiger partial charge >= 0.3 is 0 Å². The number of fused-ring (bicyclic) bond motifs is 1. The fraction of sp³-hybridized carbons (Fsp3) is 0.118. The van der Waals surface area contributed by atoms with Crippen LogP contribution in [0.3, 0.4) is 0 Å². The molecule has 0 saturated carbocycles. The van der Waals surface area contributed by atoms with E-state index in [1.54, 1.807) is 0 Å². The van der Waals surface area contributed by atoms with Crippen LogP contribution in [0, 0.1) is 6.92 Å². The minimum atomic E-state index is 0.00508. The van der Waals surface area contributed by atoms with Gasteiger partial charge in [-0.2, -0.15) is 0 Å². The first-order chi connectivity index (χ1) is 9.70. The third-order valence-electron chi connectivity index (χ3n) is 3.28. The van der Waals surface area contributed by atoms with Crippen molar-refractivity contribution in [2.24, 2.45) is 0 Å². The second-order valence-corrected chi connectivity index (χ2v) is 4.99. The Morgan fingerprint density at radius 3 is 2.90 bits per heavy atom. The van der Waals surface area contributed by atoms with E-state index in [0.717, 1.165) is 27.7 Å². The number of aromatic amines is 1. The van der Waals surface area contributed by atoms with Gasteiger partial charge in [0.1, 0.15) is 0 Å². The molecule has 0 saturated heterocycles. The molecular weight excluding hydrogens is 248 g/mol. The Morgan fingerprint density at radius 2 is 2.05 bits per heavy atom. The molecule has 0 bridgehead atoms. The fourth-order valence-electron chi connectivity index (χ4n) is 2.33. The van der Waals surface area contributed by atoms with Gasteiger partial charge in [0.25, 0.3) is 0 Å². The van der Waals surface area contributed by atoms with E-state index in [1.165, 1.54) is 0 Å². The van der Waals surface area contributed by atoms with Crippen molar-refractivity contribution in [3.8, 4) is 0 Å². The molecule has 0 aliphatic carbocycles. The largest absolute Gasteiger partial charge is 0.361 e. The molecule has 0 spiro atoms. The minimum Gasteiger partial charge on any atom is -0.361 e. The molecule has 3 aromatic rings. The van der Waals surface area contributed by atoms with Gasteiger partial charge in [-0.05, 0) is 53.8 Å². The lowest BCUT2D eigenvalue weighted by Crippen LogP contribution is -2.14. The maximum atomic E-state index is 12.0. The molecule has 2 N–H and O–H groups in total. The molecule has 20 heavy (non-hydrogen) atoms. The molecule has 0 radical (unpaired) electrons. The third-order valence-corrected chi connectivity index (χ3v) is 3.28. The summed E-state index contributed by atoms with van der Waals surface area (Å²) in [6.45, 7) is 2.01. The number of amides is 1. The summed E-state index contributed by atoms with van der Waals surface area (Å²) in [5.41, 5.74) is 4.09. The molecule has 0 aliphatic heterocycles. The van der Waals surface area contributed by atoms with Crippen LogP contribution in [-0.4, -0.2) is 10.9 Å². The van der Waals surface area contributed by atoms with Crippen molar-refractivity contribution in [1.29, 1.82) is 0 Å². The molecule has 0 atom stereocenters. The first-order valence-electron chi connectivity index (χ1n) is 6.63. The second-order valence-electron chi connectivity index (χ2n) is 4.99. The molecule has 0 fully saturated rings. The summed E-state index contributed by atoms with van der Waals surface area (Å²) in [5, 5.41) is 4.06. The molecule has 1 aromatic heterocycles. The average molecular weight is 264 g/mol. The van der Waals surface area contributed by atoms with E-state index >= 15 is 0 Å². The zero-order valence-electron chi connectivity index (χ0n) is 11.3. The summed E-state index contributed by atoms with van der Waals surface area (Å²) in [4.78, 5) is 15.2. The Hall–Kier alpha value is -2.55. The van der Waals surface area contributed by atoms with Crippen molar-refractivity contribution in [3.63, 3.8) is 0 Å². The number of aromatic nitrogens is 1. The lowest BCUT2D eigenvalue weighted by atomic mass is 10.1. The SMILES string of the molecule is Cc1cccc(NC(=O)Cc2ccc3[nH]ccc3c2)c1. The molecule has 3 rings (SSSR count). The number of benzene rings is 2. The topological polar surface area (TPSA) is 44.9 Å². The molecule has 2 aromatic carbocycles. The highest BCUT2D eigenvalue weighted by Gasteiger charge is 2.05. The van der Waals surface area contributed by atoms with Gasteiger partial charge < -0.3 is 10.3 Å². The van der Waals surface area contributed by atoms with E-state index in [0.29, 0.717) is 6.42 Å². The first-order valence-corrected chi connectivity index (χ1v) is 6.63. The van der Waals surface area contributed by atoms with Crippen LogP contribution in [0.15, 0.2) is 54.7 Å². The Morgan fingerprint density at radius 1 is 1.15 bits per heavy atom. The van der Waals surface area contributed by atoms with Gasteiger partial charge in [0.2, 0.25) is 5.91 Å². The Labute approximate surface area is 117 Å². The maximum absolute atomic E-state index is 12.0. The summed E-state index contributed by atoms with van der Waals surface area (Å²) in [6.07, 6.45) is 2.29. The summed E-state index contributed by atoms with van der Waals surface area (Å²) in [7, 11) is 0. The molecule has 0 unspecified atom stereocenters. The number of hydrogen-bond donors (Lipinski definition) is 2. The van der Waals surface area contributed by atoms with Crippen LogP contribution in [0.4, 0.5) is 5.69 Å². The van der Waals surface area contributed by atoms with Crippen molar-refractivity contribution in [2.45, 2.75) is 13.3 Å². The Balaban J connectivity index is 1.72. The number of carbonyl (C=O) groups is 1. The van der Waals surface area contributed by atoms with E-state index in [9.17, 15) is 4.79 Å². The first kappa shape index (κ1) is 12.5. The molecule has 1 heterocycles. The van der Waals surface area contributed by atoms with E-state index < -0.39 is 0 Å². The molecular formula is C17H16N2O. The molecule has 0 aliphatic rings. The van der Waals surface area contributed by atoms with Gasteiger partial charge in [-0.15, -0.1) is 0 Å². The maximum Gasteiger partial charge on any atom is 0.228 e. The summed E-state index contributed by atoms with van der Waals surface area (Å²) >= 11 is 0. The summed E-state index contributed by atoms with van der Waals surface area (Å²) in [5.74, 6) is 0.00508. The van der Waals surface area contributed by atoms with E-state index in [1.807, 2.05) is 61.7 Å². The predicted octanol–water partition coefficient (Wildman–Crippen LogP) is 3.66. The van der Waals surface area contributed by atoms with Gasteiger partial charge in [0.05, 0.1) is 6.42 Å². The average Bonchev–Trinajstić information content (AvgIpc) is 2.86. The van der Waals surface area contributed by atoms with Crippen LogP contribution >= 0.6 is 0 Å². The van der Waals surface area contributed by atoms with Crippen LogP contribution in [0.25, 0.3) is 10.9 Å². The molecule has 1 amide bonds. The van der Waals surface area contributed by atoms with Crippen LogP contribution in [0.5, 0.6) is 0 Å². The molecule has 3 nitrogen and oxygen atoms in total. The monoisotopic (exact) mass is 264 g/mol. The van der Waals surface area contributed by atoms with Gasteiger partial charge in [-0.3, -0.25) is 4.79 Å². The highest BCUT2D eigenvalue weighted by molar-refractivity contribution is 5.93. The van der Waals surface area contributed by atoms with Crippen LogP contribution in [0.1, 0.15) is 11.1 Å². The van der Waals surface area contributed by atoms with Gasteiger partial charge in [-0.1, -0.05) is 18.2 Å². The standard InChI is InChI=1S/C17H16N2O/c1-12-3-2-4-15(9-12)19-17(20)11-13-5-6-16-14(10-13)7-8-18-16/h2-10,18H,11H2,1H3,(H,19,20). The third kappa shape index (κ3) is 2.72. The Bertz CT molecular complexity index is 758. The van der Waals surface area contributed by atoms with Crippen molar-refractivity contribution in [1.82, 2.24) is 4.98 Å². The number of rotatable bonds is 3. The van der Waals surface area contributed by atoms with Crippen LogP contribution in [-0.2, 0) is 11.2 Å². The van der Waals surface area contributed by atoms with Crippen molar-refractivity contribution >= 4 is 22.5 Å². The highest BCUT2D eigenvalue weighted by atomic mass is 16.1. The van der Waals surface area contributed by atoms with E-state index in [4.69, 9.17) is 0 Å². The second kappa shape index (κ2) is 5.21. The zero-order valence-corrected chi connectivity index (χ0v) is 11.3. The van der Waals surface area contributed by atoms with Gasteiger partial charge in [0.15, 0.2) is 0 Å². The molecule has 3 heteroatoms. The lowest BCUT2D eigenvalue weighted by molar-refractivity contribution is -0.115. The van der Waals surface area contributed by atoms with Gasteiger partial charge in [0, 0.05) is 17.4 Å². The minimum absolute atomic E-state index is 0.00508. The highest BCUT2D eigenvalue weighted by Crippen LogP contribution is 2.15. The lowest BCUT2D eigenvalue weighted by Gasteiger charge is -2.06. The van der Waals surface area contributed by atoms with Crippen molar-refractivity contribution < 1.29 is 4.79 Å². The predicted molar refractivity (Wildman–Crippen MR) is 81.8 cm³/mol.